The Bertz CT molecular complexity index is 746. The topological polar surface area (TPSA) is 43.4 Å². The van der Waals surface area contributed by atoms with Gasteiger partial charge < -0.3 is 4.74 Å². The van der Waals surface area contributed by atoms with Crippen LogP contribution >= 0.6 is 63.7 Å². The van der Waals surface area contributed by atoms with E-state index in [0.29, 0.717) is 33.7 Å². The summed E-state index contributed by atoms with van der Waals surface area (Å²) in [6.07, 6.45) is 8.34. The Labute approximate surface area is 214 Å². The van der Waals surface area contributed by atoms with E-state index in [1.54, 1.807) is 0 Å². The molecule has 0 aromatic carbocycles. The van der Waals surface area contributed by atoms with Crippen molar-refractivity contribution in [2.45, 2.75) is 91.7 Å². The number of ketones is 1. The summed E-state index contributed by atoms with van der Waals surface area (Å²) in [5, 5.41) is 0.426. The molecule has 9 atom stereocenters. The number of ether oxygens (including phenoxy) is 1. The van der Waals surface area contributed by atoms with Gasteiger partial charge in [-0.2, -0.15) is 0 Å². The van der Waals surface area contributed by atoms with Crippen LogP contribution in [0, 0.1) is 28.6 Å². The maximum absolute atomic E-state index is 12.9. The average molecular weight is 676 g/mol. The third kappa shape index (κ3) is 3.24. The molecule has 4 fully saturated rings. The fraction of sp³-hybridized carbons (Fsp3) is 0.913. The number of rotatable bonds is 3. The molecular weight excluding hydrogens is 644 g/mol. The molecule has 0 bridgehead atoms. The van der Waals surface area contributed by atoms with Gasteiger partial charge in [-0.15, -0.1) is 0 Å². The van der Waals surface area contributed by atoms with Crippen LogP contribution in [0.15, 0.2) is 0 Å². The number of esters is 1. The van der Waals surface area contributed by atoms with Gasteiger partial charge in [0.25, 0.3) is 0 Å². The number of carbonyl (C=O) groups excluding carboxylic acids is 2. The average Bonchev–Trinajstić information content (AvgIpc) is 2.95. The normalized spacial score (nSPS) is 52.7. The summed E-state index contributed by atoms with van der Waals surface area (Å²) in [5.74, 6) is 1.95. The van der Waals surface area contributed by atoms with Crippen molar-refractivity contribution in [3.63, 3.8) is 0 Å². The third-order valence-electron chi connectivity index (χ3n) is 9.68. The van der Waals surface area contributed by atoms with E-state index in [1.807, 2.05) is 0 Å². The van der Waals surface area contributed by atoms with Crippen LogP contribution in [-0.2, 0) is 14.3 Å². The minimum absolute atomic E-state index is 0.00127. The number of alkyl halides is 4. The lowest BCUT2D eigenvalue weighted by atomic mass is 9.44. The Hall–Kier alpha value is 1.06. The van der Waals surface area contributed by atoms with Crippen molar-refractivity contribution in [2.75, 3.05) is 5.33 Å². The molecule has 170 valence electrons. The van der Waals surface area contributed by atoms with Crippen LogP contribution in [0.2, 0.25) is 0 Å². The molecule has 4 aliphatic carbocycles. The van der Waals surface area contributed by atoms with Gasteiger partial charge in [0.15, 0.2) is 5.78 Å². The summed E-state index contributed by atoms with van der Waals surface area (Å²) in [4.78, 5) is 24.8. The van der Waals surface area contributed by atoms with Crippen LogP contribution in [0.25, 0.3) is 0 Å². The van der Waals surface area contributed by atoms with Gasteiger partial charge >= 0.3 is 5.97 Å². The zero-order valence-corrected chi connectivity index (χ0v) is 24.3. The second-order valence-corrected chi connectivity index (χ2v) is 15.1. The van der Waals surface area contributed by atoms with E-state index in [-0.39, 0.29) is 27.2 Å². The monoisotopic (exact) mass is 672 g/mol. The fourth-order valence-electron chi connectivity index (χ4n) is 8.03. The zero-order chi connectivity index (χ0) is 22.1. The minimum atomic E-state index is -0.391. The number of Topliss-reactive ketones (excluding diaryl/α,β-unsaturated/α-hetero) is 1. The highest BCUT2D eigenvalue weighted by atomic mass is 79.9. The predicted octanol–water partition coefficient (Wildman–Crippen LogP) is 6.95. The van der Waals surface area contributed by atoms with E-state index in [0.717, 1.165) is 44.9 Å². The molecule has 0 N–H and O–H groups in total. The van der Waals surface area contributed by atoms with Gasteiger partial charge in [-0.1, -0.05) is 77.6 Å². The fourth-order valence-corrected chi connectivity index (χ4v) is 11.9. The van der Waals surface area contributed by atoms with Crippen molar-refractivity contribution in [2.24, 2.45) is 28.6 Å². The van der Waals surface area contributed by atoms with E-state index in [2.05, 4.69) is 77.6 Å². The molecule has 30 heavy (non-hydrogen) atoms. The molecule has 4 aliphatic rings. The van der Waals surface area contributed by atoms with Gasteiger partial charge in [-0.3, -0.25) is 9.59 Å². The predicted molar refractivity (Wildman–Crippen MR) is 134 cm³/mol. The van der Waals surface area contributed by atoms with E-state index in [4.69, 9.17) is 4.74 Å². The quantitative estimate of drug-likeness (QED) is 0.240. The van der Waals surface area contributed by atoms with Crippen LogP contribution in [-0.4, -0.2) is 36.7 Å². The molecule has 0 aromatic heterocycles. The van der Waals surface area contributed by atoms with Gasteiger partial charge in [0.1, 0.15) is 6.10 Å². The molecule has 4 saturated carbocycles. The highest BCUT2D eigenvalue weighted by molar-refractivity contribution is 9.12. The van der Waals surface area contributed by atoms with Gasteiger partial charge in [-0.25, -0.2) is 0 Å². The summed E-state index contributed by atoms with van der Waals surface area (Å²) in [6, 6.07) is 0. The molecular formula is C23H32Br4O3. The first-order chi connectivity index (χ1) is 13.9. The van der Waals surface area contributed by atoms with Gasteiger partial charge in [0.2, 0.25) is 0 Å². The first-order valence-electron chi connectivity index (χ1n) is 11.2. The lowest BCUT2D eigenvalue weighted by molar-refractivity contribution is -0.155. The van der Waals surface area contributed by atoms with Crippen molar-refractivity contribution < 1.29 is 14.3 Å². The molecule has 0 spiro atoms. The Morgan fingerprint density at radius 2 is 1.60 bits per heavy atom. The van der Waals surface area contributed by atoms with E-state index >= 15 is 0 Å². The van der Waals surface area contributed by atoms with Crippen molar-refractivity contribution in [1.29, 1.82) is 0 Å². The summed E-state index contributed by atoms with van der Waals surface area (Å²) in [7, 11) is 0. The van der Waals surface area contributed by atoms with Gasteiger partial charge in [-0.05, 0) is 73.5 Å². The van der Waals surface area contributed by atoms with E-state index in [1.165, 1.54) is 13.3 Å². The highest BCUT2D eigenvalue weighted by Crippen LogP contribution is 2.72. The Morgan fingerprint density at radius 1 is 1.00 bits per heavy atom. The molecule has 0 aliphatic heterocycles. The molecule has 0 saturated heterocycles. The molecule has 0 heterocycles. The minimum Gasteiger partial charge on any atom is -0.463 e. The summed E-state index contributed by atoms with van der Waals surface area (Å²) >= 11 is 15.7. The maximum atomic E-state index is 12.9. The van der Waals surface area contributed by atoms with Crippen LogP contribution in [0.3, 0.4) is 0 Å². The molecule has 0 aromatic rings. The number of hydrogen-bond donors (Lipinski definition) is 0. The highest BCUT2D eigenvalue weighted by Gasteiger charge is 2.69. The number of carbonyl (C=O) groups is 2. The number of fused-ring (bicyclic) bond motifs is 5. The van der Waals surface area contributed by atoms with Crippen LogP contribution in [0.4, 0.5) is 0 Å². The molecule has 0 radical (unpaired) electrons. The molecule has 4 rings (SSSR count). The summed E-state index contributed by atoms with van der Waals surface area (Å²) < 4.78 is 5.19. The molecule has 3 nitrogen and oxygen atoms in total. The van der Waals surface area contributed by atoms with Crippen LogP contribution in [0.5, 0.6) is 0 Å². The van der Waals surface area contributed by atoms with Crippen molar-refractivity contribution in [1.82, 2.24) is 0 Å². The van der Waals surface area contributed by atoms with Crippen molar-refractivity contribution in [3.8, 4) is 0 Å². The molecule has 7 heteroatoms. The summed E-state index contributed by atoms with van der Waals surface area (Å²) in [6.45, 7) is 6.36. The molecule has 0 amide bonds. The summed E-state index contributed by atoms with van der Waals surface area (Å²) in [5.41, 5.74) is 0.169. The molecule has 0 unspecified atom stereocenters. The second-order valence-electron chi connectivity index (χ2n) is 10.7. The van der Waals surface area contributed by atoms with Crippen LogP contribution in [0.1, 0.15) is 72.1 Å². The van der Waals surface area contributed by atoms with Gasteiger partial charge in [0, 0.05) is 22.5 Å². The lowest BCUT2D eigenvalue weighted by Gasteiger charge is -2.66. The zero-order valence-electron chi connectivity index (χ0n) is 18.0. The standard InChI is InChI=1S/C23H32Br4O3/c1-13(28)30-14-4-7-21(3)16-5-8-20(2)17(6-9-22(20,26)19(29)12-24)15(16)10-18(25)23(21,27)11-14/h14-18H,4-12H2,1-3H3/t14-,15+,16-,17-,18-,20-,21+,22-,23+/m0/s1. The largest absolute Gasteiger partial charge is 0.463 e. The smallest absolute Gasteiger partial charge is 0.302 e. The van der Waals surface area contributed by atoms with Crippen molar-refractivity contribution >= 4 is 75.5 Å². The Balaban J connectivity index is 1.65. The SMILES string of the molecule is CC(=O)O[C@H]1CC[C@]2(C)[C@H]3CC[C@@]4(C)[C@@H](CC[C@]4(Br)C(=O)CBr)[C@@H]3C[C@H](Br)[C@]2(Br)C1. The first-order valence-corrected chi connectivity index (χ1v) is 14.8. The van der Waals surface area contributed by atoms with Crippen molar-refractivity contribution in [3.05, 3.63) is 0 Å². The lowest BCUT2D eigenvalue weighted by Crippen LogP contribution is -2.65. The van der Waals surface area contributed by atoms with E-state index in [9.17, 15) is 9.59 Å². The maximum Gasteiger partial charge on any atom is 0.302 e. The van der Waals surface area contributed by atoms with E-state index < -0.39 is 4.32 Å². The Kier molecular flexibility index (Phi) is 6.51. The third-order valence-corrected chi connectivity index (χ3v) is 15.5. The Morgan fingerprint density at radius 3 is 2.23 bits per heavy atom. The number of hydrogen-bond acceptors (Lipinski definition) is 3. The van der Waals surface area contributed by atoms with Crippen LogP contribution < -0.4 is 0 Å². The second kappa shape index (κ2) is 8.08. The first kappa shape index (κ1) is 24.2. The van der Waals surface area contributed by atoms with Gasteiger partial charge in [0.05, 0.1) is 9.65 Å². The number of halogens is 4.